The van der Waals surface area contributed by atoms with Gasteiger partial charge in [-0.2, -0.15) is 0 Å². The molecule has 0 unspecified atom stereocenters. The SMILES string of the molecule is CCc1ccc2[nH]c(=O)c(CN(C[C@H]3CCCO3)C(=O)Nc3ccc(C)cc3)cc2c1. The van der Waals surface area contributed by atoms with Crippen LogP contribution < -0.4 is 10.9 Å². The summed E-state index contributed by atoms with van der Waals surface area (Å²) in [6.07, 6.45) is 2.83. The highest BCUT2D eigenvalue weighted by molar-refractivity contribution is 5.89. The molecule has 6 heteroatoms. The van der Waals surface area contributed by atoms with Gasteiger partial charge in [0.25, 0.3) is 5.56 Å². The number of benzene rings is 2. The lowest BCUT2D eigenvalue weighted by Gasteiger charge is -2.26. The predicted octanol–water partition coefficient (Wildman–Crippen LogP) is 4.61. The molecule has 2 N–H and O–H groups in total. The Balaban J connectivity index is 1.60. The molecule has 0 radical (unpaired) electrons. The van der Waals surface area contributed by atoms with Gasteiger partial charge in [-0.05, 0) is 67.5 Å². The van der Waals surface area contributed by atoms with E-state index >= 15 is 0 Å². The number of aromatic nitrogens is 1. The van der Waals surface area contributed by atoms with Gasteiger partial charge in [-0.25, -0.2) is 4.79 Å². The van der Waals surface area contributed by atoms with Crippen LogP contribution in [0.5, 0.6) is 0 Å². The number of ether oxygens (including phenoxy) is 1. The summed E-state index contributed by atoms with van der Waals surface area (Å²) in [6.45, 7) is 5.50. The minimum Gasteiger partial charge on any atom is -0.376 e. The molecule has 2 heterocycles. The number of rotatable bonds is 6. The van der Waals surface area contributed by atoms with Crippen LogP contribution in [0.4, 0.5) is 10.5 Å². The van der Waals surface area contributed by atoms with Crippen LogP contribution in [0.3, 0.4) is 0 Å². The number of nitrogens with one attached hydrogen (secondary N) is 2. The number of aryl methyl sites for hydroxylation is 2. The Morgan fingerprint density at radius 1 is 1.19 bits per heavy atom. The molecular weight excluding hydrogens is 390 g/mol. The number of hydrogen-bond acceptors (Lipinski definition) is 3. The number of carbonyl (C=O) groups excluding carboxylic acids is 1. The smallest absolute Gasteiger partial charge is 0.322 e. The summed E-state index contributed by atoms with van der Waals surface area (Å²) in [4.78, 5) is 30.5. The lowest BCUT2D eigenvalue weighted by molar-refractivity contribution is 0.0818. The zero-order chi connectivity index (χ0) is 21.8. The highest BCUT2D eigenvalue weighted by atomic mass is 16.5. The third kappa shape index (κ3) is 5.14. The molecule has 0 aliphatic carbocycles. The molecule has 1 saturated heterocycles. The third-order valence-corrected chi connectivity index (χ3v) is 5.79. The van der Waals surface area contributed by atoms with E-state index in [1.165, 1.54) is 5.56 Å². The number of carbonyl (C=O) groups is 1. The minimum atomic E-state index is -0.235. The van der Waals surface area contributed by atoms with Crippen molar-refractivity contribution in [2.45, 2.75) is 45.8 Å². The molecule has 1 aliphatic rings. The largest absolute Gasteiger partial charge is 0.376 e. The van der Waals surface area contributed by atoms with E-state index in [-0.39, 0.29) is 24.2 Å². The van der Waals surface area contributed by atoms with Crippen molar-refractivity contribution in [3.63, 3.8) is 0 Å². The summed E-state index contributed by atoms with van der Waals surface area (Å²) in [5, 5.41) is 3.93. The van der Waals surface area contributed by atoms with Crippen LogP contribution in [0.1, 0.15) is 36.5 Å². The first-order chi connectivity index (χ1) is 15.0. The fourth-order valence-electron chi connectivity index (χ4n) is 3.94. The first kappa shape index (κ1) is 21.1. The number of nitrogens with zero attached hydrogens (tertiary/aromatic N) is 1. The summed E-state index contributed by atoms with van der Waals surface area (Å²) in [7, 11) is 0. The Hall–Kier alpha value is -3.12. The van der Waals surface area contributed by atoms with Crippen LogP contribution in [0.15, 0.2) is 53.3 Å². The van der Waals surface area contributed by atoms with Gasteiger partial charge in [0.1, 0.15) is 0 Å². The number of pyridine rings is 1. The molecule has 0 saturated carbocycles. The molecule has 4 rings (SSSR count). The van der Waals surface area contributed by atoms with Crippen LogP contribution in [-0.2, 0) is 17.7 Å². The van der Waals surface area contributed by atoms with E-state index in [4.69, 9.17) is 4.74 Å². The maximum absolute atomic E-state index is 13.1. The zero-order valence-corrected chi connectivity index (χ0v) is 18.1. The van der Waals surface area contributed by atoms with E-state index in [0.717, 1.165) is 41.4 Å². The second-order valence-electron chi connectivity index (χ2n) is 8.21. The molecule has 1 aliphatic heterocycles. The molecule has 0 spiro atoms. The number of aromatic amines is 1. The van der Waals surface area contributed by atoms with Gasteiger partial charge in [0.2, 0.25) is 0 Å². The second kappa shape index (κ2) is 9.35. The Morgan fingerprint density at radius 3 is 2.71 bits per heavy atom. The Kier molecular flexibility index (Phi) is 6.37. The number of H-pyrrole nitrogens is 1. The first-order valence-electron chi connectivity index (χ1n) is 10.9. The molecule has 3 aromatic rings. The molecule has 2 aromatic carbocycles. The second-order valence-corrected chi connectivity index (χ2v) is 8.21. The van der Waals surface area contributed by atoms with E-state index in [0.29, 0.717) is 18.7 Å². The van der Waals surface area contributed by atoms with Gasteiger partial charge in [-0.15, -0.1) is 0 Å². The van der Waals surface area contributed by atoms with Crippen LogP contribution in [-0.4, -0.2) is 35.2 Å². The first-order valence-corrected chi connectivity index (χ1v) is 10.9. The van der Waals surface area contributed by atoms with Gasteiger partial charge >= 0.3 is 6.03 Å². The van der Waals surface area contributed by atoms with Crippen molar-refractivity contribution >= 4 is 22.6 Å². The molecular formula is C25H29N3O3. The van der Waals surface area contributed by atoms with Crippen molar-refractivity contribution in [1.82, 2.24) is 9.88 Å². The van der Waals surface area contributed by atoms with E-state index in [1.807, 2.05) is 49.4 Å². The van der Waals surface area contributed by atoms with Gasteiger partial charge < -0.3 is 19.9 Å². The van der Waals surface area contributed by atoms with Crippen molar-refractivity contribution in [2.75, 3.05) is 18.5 Å². The summed E-state index contributed by atoms with van der Waals surface area (Å²) in [5.74, 6) is 0. The monoisotopic (exact) mass is 419 g/mol. The number of anilines is 1. The number of hydrogen-bond donors (Lipinski definition) is 2. The summed E-state index contributed by atoms with van der Waals surface area (Å²) in [6, 6.07) is 15.4. The van der Waals surface area contributed by atoms with Gasteiger partial charge in [-0.1, -0.05) is 30.7 Å². The average Bonchev–Trinajstić information content (AvgIpc) is 3.28. The van der Waals surface area contributed by atoms with Gasteiger partial charge in [0.05, 0.1) is 12.6 Å². The summed E-state index contributed by atoms with van der Waals surface area (Å²) < 4.78 is 5.76. The molecule has 6 nitrogen and oxygen atoms in total. The van der Waals surface area contributed by atoms with Crippen molar-refractivity contribution < 1.29 is 9.53 Å². The number of amides is 2. The molecule has 0 bridgehead atoms. The van der Waals surface area contributed by atoms with Gasteiger partial charge in [0.15, 0.2) is 0 Å². The average molecular weight is 420 g/mol. The van der Waals surface area contributed by atoms with E-state index in [1.54, 1.807) is 4.90 Å². The predicted molar refractivity (Wildman–Crippen MR) is 124 cm³/mol. The van der Waals surface area contributed by atoms with E-state index in [9.17, 15) is 9.59 Å². The number of fused-ring (bicyclic) bond motifs is 1. The highest BCUT2D eigenvalue weighted by Gasteiger charge is 2.24. The molecule has 2 amide bonds. The maximum atomic E-state index is 13.1. The molecule has 1 atom stereocenters. The quantitative estimate of drug-likeness (QED) is 0.613. The fourth-order valence-corrected chi connectivity index (χ4v) is 3.94. The van der Waals surface area contributed by atoms with Crippen LogP contribution in [0.25, 0.3) is 10.9 Å². The van der Waals surface area contributed by atoms with Crippen LogP contribution in [0.2, 0.25) is 0 Å². The molecule has 1 fully saturated rings. The Bertz CT molecular complexity index is 1120. The third-order valence-electron chi connectivity index (χ3n) is 5.79. The van der Waals surface area contributed by atoms with E-state index in [2.05, 4.69) is 23.3 Å². The van der Waals surface area contributed by atoms with Crippen molar-refractivity contribution in [2.24, 2.45) is 0 Å². The molecule has 162 valence electrons. The fraction of sp³-hybridized carbons (Fsp3) is 0.360. The summed E-state index contributed by atoms with van der Waals surface area (Å²) in [5.41, 5.74) is 4.27. The van der Waals surface area contributed by atoms with Crippen molar-refractivity contribution in [3.8, 4) is 0 Å². The zero-order valence-electron chi connectivity index (χ0n) is 18.1. The van der Waals surface area contributed by atoms with Gasteiger partial charge in [0, 0.05) is 29.9 Å². The Labute approximate surface area is 182 Å². The topological polar surface area (TPSA) is 74.4 Å². The van der Waals surface area contributed by atoms with Crippen molar-refractivity contribution in [1.29, 1.82) is 0 Å². The molecule has 31 heavy (non-hydrogen) atoms. The van der Waals surface area contributed by atoms with Crippen LogP contribution in [0, 0.1) is 6.92 Å². The van der Waals surface area contributed by atoms with Crippen molar-refractivity contribution in [3.05, 3.63) is 75.6 Å². The van der Waals surface area contributed by atoms with Crippen LogP contribution >= 0.6 is 0 Å². The normalized spacial score (nSPS) is 15.9. The minimum absolute atomic E-state index is 0.00463. The lowest BCUT2D eigenvalue weighted by Crippen LogP contribution is -2.40. The number of urea groups is 1. The standard InChI is InChI=1S/C25H29N3O3/c1-3-18-8-11-23-19(13-18)14-20(24(29)27-23)15-28(16-22-5-4-12-31-22)25(30)26-21-9-6-17(2)7-10-21/h6-11,13-14,22H,3-5,12,15-16H2,1-2H3,(H,26,30)(H,27,29)/t22-/m1/s1. The highest BCUT2D eigenvalue weighted by Crippen LogP contribution is 2.19. The van der Waals surface area contributed by atoms with E-state index < -0.39 is 0 Å². The molecule has 1 aromatic heterocycles. The van der Waals surface area contributed by atoms with Gasteiger partial charge in [-0.3, -0.25) is 4.79 Å². The summed E-state index contributed by atoms with van der Waals surface area (Å²) >= 11 is 0. The Morgan fingerprint density at radius 2 is 2.00 bits per heavy atom. The lowest BCUT2D eigenvalue weighted by atomic mass is 10.1. The maximum Gasteiger partial charge on any atom is 0.322 e.